The molecule has 1 aromatic heterocycles. The first kappa shape index (κ1) is 13.3. The number of ketones is 1. The van der Waals surface area contributed by atoms with Gasteiger partial charge in [0, 0.05) is 6.20 Å². The first-order chi connectivity index (χ1) is 9.17. The molecule has 0 saturated carbocycles. The maximum absolute atomic E-state index is 12.6. The Morgan fingerprint density at radius 1 is 1.32 bits per heavy atom. The zero-order chi connectivity index (χ0) is 13.8. The average Bonchev–Trinajstić information content (AvgIpc) is 2.46. The molecular weight excluding hydrogens is 238 g/mol. The third-order valence-electron chi connectivity index (χ3n) is 3.09. The Kier molecular flexibility index (Phi) is 3.95. The third-order valence-corrected chi connectivity index (χ3v) is 3.09. The van der Waals surface area contributed by atoms with Crippen molar-refractivity contribution in [1.29, 1.82) is 0 Å². The first-order valence-corrected chi connectivity index (χ1v) is 6.30. The molecule has 0 aliphatic rings. The van der Waals surface area contributed by atoms with Gasteiger partial charge in [0.2, 0.25) is 5.78 Å². The molecule has 0 amide bonds. The van der Waals surface area contributed by atoms with Gasteiger partial charge in [0.25, 0.3) is 0 Å². The second kappa shape index (κ2) is 5.65. The fourth-order valence-corrected chi connectivity index (χ4v) is 2.06. The highest BCUT2D eigenvalue weighted by Crippen LogP contribution is 2.23. The second-order valence-electron chi connectivity index (χ2n) is 4.40. The summed E-state index contributed by atoms with van der Waals surface area (Å²) in [4.78, 5) is 16.8. The fraction of sp³-hybridized carbons (Fsp3) is 0.250. The van der Waals surface area contributed by atoms with Gasteiger partial charge in [-0.15, -0.1) is 0 Å². The van der Waals surface area contributed by atoms with Crippen molar-refractivity contribution in [3.8, 4) is 5.75 Å². The first-order valence-electron chi connectivity index (χ1n) is 6.30. The zero-order valence-corrected chi connectivity index (χ0v) is 11.4. The molecule has 1 heterocycles. The number of ether oxygens (including phenoxy) is 1. The van der Waals surface area contributed by atoms with E-state index in [9.17, 15) is 4.79 Å². The van der Waals surface area contributed by atoms with Crippen molar-refractivity contribution in [1.82, 2.24) is 4.98 Å². The molecule has 0 bridgehead atoms. The summed E-state index contributed by atoms with van der Waals surface area (Å²) < 4.78 is 5.27. The molecule has 0 fully saturated rings. The van der Waals surface area contributed by atoms with Crippen molar-refractivity contribution >= 4 is 5.78 Å². The van der Waals surface area contributed by atoms with Crippen LogP contribution in [0.25, 0.3) is 0 Å². The highest BCUT2D eigenvalue weighted by Gasteiger charge is 2.18. The summed E-state index contributed by atoms with van der Waals surface area (Å²) in [5.74, 6) is 0.501. The Morgan fingerprint density at radius 3 is 2.79 bits per heavy atom. The van der Waals surface area contributed by atoms with Crippen molar-refractivity contribution in [2.75, 3.05) is 7.11 Å². The van der Waals surface area contributed by atoms with E-state index in [-0.39, 0.29) is 5.78 Å². The molecule has 0 N–H and O–H groups in total. The largest absolute Gasteiger partial charge is 0.496 e. The minimum atomic E-state index is -0.0852. The predicted molar refractivity (Wildman–Crippen MR) is 74.8 cm³/mol. The number of hydrogen-bond acceptors (Lipinski definition) is 3. The van der Waals surface area contributed by atoms with Crippen LogP contribution in [-0.4, -0.2) is 17.9 Å². The van der Waals surface area contributed by atoms with E-state index in [4.69, 9.17) is 4.74 Å². The van der Waals surface area contributed by atoms with Gasteiger partial charge in [-0.25, -0.2) is 0 Å². The van der Waals surface area contributed by atoms with Crippen molar-refractivity contribution < 1.29 is 9.53 Å². The van der Waals surface area contributed by atoms with Crippen LogP contribution in [0.5, 0.6) is 5.75 Å². The maximum Gasteiger partial charge on any atom is 0.215 e. The van der Waals surface area contributed by atoms with E-state index in [0.717, 1.165) is 17.5 Å². The molecular formula is C16H17NO2. The van der Waals surface area contributed by atoms with Crippen molar-refractivity contribution in [3.63, 3.8) is 0 Å². The molecule has 0 unspecified atom stereocenters. The minimum Gasteiger partial charge on any atom is -0.496 e. The molecule has 0 spiro atoms. The third kappa shape index (κ3) is 2.65. The molecule has 3 nitrogen and oxygen atoms in total. The monoisotopic (exact) mass is 255 g/mol. The van der Waals surface area contributed by atoms with E-state index in [1.165, 1.54) is 0 Å². The summed E-state index contributed by atoms with van der Waals surface area (Å²) in [6.45, 7) is 3.97. The number of rotatable bonds is 4. The Hall–Kier alpha value is -2.16. The van der Waals surface area contributed by atoms with Gasteiger partial charge in [0.05, 0.1) is 12.7 Å². The maximum atomic E-state index is 12.6. The topological polar surface area (TPSA) is 39.2 Å². The van der Waals surface area contributed by atoms with Crippen LogP contribution in [0.3, 0.4) is 0 Å². The molecule has 2 rings (SSSR count). The van der Waals surface area contributed by atoms with E-state index in [1.54, 1.807) is 13.3 Å². The van der Waals surface area contributed by atoms with E-state index >= 15 is 0 Å². The summed E-state index contributed by atoms with van der Waals surface area (Å²) >= 11 is 0. The molecule has 0 saturated heterocycles. The lowest BCUT2D eigenvalue weighted by Crippen LogP contribution is -2.09. The molecule has 1 aromatic carbocycles. The number of methoxy groups -OCH3 is 1. The van der Waals surface area contributed by atoms with Crippen LogP contribution in [-0.2, 0) is 6.42 Å². The Balaban J connectivity index is 2.52. The zero-order valence-electron chi connectivity index (χ0n) is 11.4. The number of nitrogens with zero attached hydrogens (tertiary/aromatic N) is 1. The van der Waals surface area contributed by atoms with E-state index in [1.807, 2.05) is 44.2 Å². The lowest BCUT2D eigenvalue weighted by Gasteiger charge is -2.10. The smallest absolute Gasteiger partial charge is 0.215 e. The summed E-state index contributed by atoms with van der Waals surface area (Å²) in [5, 5.41) is 0. The minimum absolute atomic E-state index is 0.0852. The van der Waals surface area contributed by atoms with Gasteiger partial charge in [-0.05, 0) is 37.1 Å². The average molecular weight is 255 g/mol. The summed E-state index contributed by atoms with van der Waals surface area (Å²) in [5.41, 5.74) is 3.05. The van der Waals surface area contributed by atoms with Gasteiger partial charge in [0.15, 0.2) is 0 Å². The summed E-state index contributed by atoms with van der Waals surface area (Å²) in [6.07, 6.45) is 2.43. The number of carbonyl (C=O) groups excluding carboxylic acids is 1. The van der Waals surface area contributed by atoms with Crippen LogP contribution in [0.1, 0.15) is 34.1 Å². The Morgan fingerprint density at radius 2 is 2.11 bits per heavy atom. The van der Waals surface area contributed by atoms with Crippen molar-refractivity contribution in [3.05, 3.63) is 58.9 Å². The number of hydrogen-bond donors (Lipinski definition) is 0. The molecule has 0 radical (unpaired) electrons. The number of aryl methyl sites for hydroxylation is 2. The number of aromatic nitrogens is 1. The molecule has 0 atom stereocenters. The summed E-state index contributed by atoms with van der Waals surface area (Å²) in [6, 6.07) is 9.37. The normalized spacial score (nSPS) is 10.3. The second-order valence-corrected chi connectivity index (χ2v) is 4.40. The predicted octanol–water partition coefficient (Wildman–Crippen LogP) is 3.19. The Bertz CT molecular complexity index is 605. The van der Waals surface area contributed by atoms with Gasteiger partial charge in [-0.2, -0.15) is 0 Å². The van der Waals surface area contributed by atoms with Crippen molar-refractivity contribution in [2.45, 2.75) is 20.3 Å². The highest BCUT2D eigenvalue weighted by molar-refractivity contribution is 6.10. The van der Waals surface area contributed by atoms with Gasteiger partial charge in [-0.3, -0.25) is 9.78 Å². The lowest BCUT2D eigenvalue weighted by atomic mass is 10.00. The molecule has 0 aliphatic heterocycles. The van der Waals surface area contributed by atoms with Crippen LogP contribution < -0.4 is 4.74 Å². The standard InChI is InChI=1S/C16H17NO2/c1-4-12-6-5-9-17-15(12)16(18)13-10-11(2)7-8-14(13)19-3/h5-10H,4H2,1-3H3. The van der Waals surface area contributed by atoms with Crippen LogP contribution in [0.4, 0.5) is 0 Å². The van der Waals surface area contributed by atoms with Gasteiger partial charge >= 0.3 is 0 Å². The van der Waals surface area contributed by atoms with Gasteiger partial charge in [-0.1, -0.05) is 24.6 Å². The van der Waals surface area contributed by atoms with E-state index < -0.39 is 0 Å². The molecule has 19 heavy (non-hydrogen) atoms. The highest BCUT2D eigenvalue weighted by atomic mass is 16.5. The number of carbonyl (C=O) groups is 1. The SMILES string of the molecule is CCc1cccnc1C(=O)c1cc(C)ccc1OC. The molecule has 2 aromatic rings. The van der Waals surface area contributed by atoms with E-state index in [2.05, 4.69) is 4.98 Å². The fourth-order valence-electron chi connectivity index (χ4n) is 2.06. The number of benzene rings is 1. The van der Waals surface area contributed by atoms with Crippen LogP contribution in [0.15, 0.2) is 36.5 Å². The van der Waals surface area contributed by atoms with Gasteiger partial charge < -0.3 is 4.74 Å². The molecule has 3 heteroatoms. The summed E-state index contributed by atoms with van der Waals surface area (Å²) in [7, 11) is 1.57. The quantitative estimate of drug-likeness (QED) is 0.788. The molecule has 0 aliphatic carbocycles. The van der Waals surface area contributed by atoms with Crippen LogP contribution in [0.2, 0.25) is 0 Å². The van der Waals surface area contributed by atoms with Crippen LogP contribution in [0, 0.1) is 6.92 Å². The molecule has 98 valence electrons. The van der Waals surface area contributed by atoms with E-state index in [0.29, 0.717) is 17.0 Å². The number of pyridine rings is 1. The van der Waals surface area contributed by atoms with Crippen LogP contribution >= 0.6 is 0 Å². The van der Waals surface area contributed by atoms with Crippen molar-refractivity contribution in [2.24, 2.45) is 0 Å². The van der Waals surface area contributed by atoms with Gasteiger partial charge in [0.1, 0.15) is 11.4 Å². The Labute approximate surface area is 113 Å². The lowest BCUT2D eigenvalue weighted by molar-refractivity contribution is 0.103.